The molecule has 0 bridgehead atoms. The summed E-state index contributed by atoms with van der Waals surface area (Å²) in [6.45, 7) is 13.4. The molecule has 70 valence electrons. The normalized spacial score (nSPS) is 22.2. The van der Waals surface area contributed by atoms with Crippen LogP contribution in [-0.4, -0.2) is 37.7 Å². The Balaban J connectivity index is 2.24. The van der Waals surface area contributed by atoms with Crippen LogP contribution in [0.4, 0.5) is 0 Å². The topological polar surface area (TPSA) is 12.5 Å². The first-order chi connectivity index (χ1) is 5.70. The van der Waals surface area contributed by atoms with E-state index in [4.69, 9.17) is 4.74 Å². The Labute approximate surface area is 75.2 Å². The van der Waals surface area contributed by atoms with Crippen LogP contribution in [0.2, 0.25) is 0 Å². The van der Waals surface area contributed by atoms with Crippen molar-refractivity contribution in [3.05, 3.63) is 12.2 Å². The van der Waals surface area contributed by atoms with E-state index in [1.165, 1.54) is 5.57 Å². The summed E-state index contributed by atoms with van der Waals surface area (Å²) in [7, 11) is 0. The lowest BCUT2D eigenvalue weighted by Crippen LogP contribution is -2.38. The third kappa shape index (κ3) is 2.95. The molecule has 0 saturated carbocycles. The monoisotopic (exact) mass is 169 g/mol. The van der Waals surface area contributed by atoms with Crippen LogP contribution in [0.25, 0.3) is 0 Å². The predicted octanol–water partition coefficient (Wildman–Crippen LogP) is 1.53. The number of rotatable bonds is 3. The van der Waals surface area contributed by atoms with Gasteiger partial charge in [-0.15, -0.1) is 0 Å². The lowest BCUT2D eigenvalue weighted by Gasteiger charge is -2.29. The molecule has 2 heteroatoms. The average molecular weight is 169 g/mol. The Morgan fingerprint density at radius 2 is 2.08 bits per heavy atom. The summed E-state index contributed by atoms with van der Waals surface area (Å²) >= 11 is 0. The molecule has 1 fully saturated rings. The quantitative estimate of drug-likeness (QED) is 0.594. The number of hydrogen-bond donors (Lipinski definition) is 0. The molecular weight excluding hydrogens is 150 g/mol. The van der Waals surface area contributed by atoms with Crippen LogP contribution < -0.4 is 0 Å². The number of nitrogens with zero attached hydrogens (tertiary/aromatic N) is 1. The molecule has 0 N–H and O–H groups in total. The molecule has 1 saturated heterocycles. The van der Waals surface area contributed by atoms with Gasteiger partial charge >= 0.3 is 0 Å². The van der Waals surface area contributed by atoms with Crippen LogP contribution in [0.3, 0.4) is 0 Å². The lowest BCUT2D eigenvalue weighted by atomic mass is 10.0. The lowest BCUT2D eigenvalue weighted by molar-refractivity contribution is 0.0338. The van der Waals surface area contributed by atoms with Crippen molar-refractivity contribution in [1.82, 2.24) is 4.90 Å². The highest BCUT2D eigenvalue weighted by Gasteiger charge is 2.13. The molecule has 2 nitrogen and oxygen atoms in total. The molecule has 1 aliphatic heterocycles. The first kappa shape index (κ1) is 9.75. The third-order valence-corrected chi connectivity index (χ3v) is 2.48. The molecule has 1 heterocycles. The zero-order valence-electron chi connectivity index (χ0n) is 8.18. The van der Waals surface area contributed by atoms with Gasteiger partial charge in [0.2, 0.25) is 0 Å². The summed E-state index contributed by atoms with van der Waals surface area (Å²) in [4.78, 5) is 2.45. The van der Waals surface area contributed by atoms with Gasteiger partial charge in [-0.25, -0.2) is 0 Å². The smallest absolute Gasteiger partial charge is 0.0594 e. The minimum Gasteiger partial charge on any atom is -0.379 e. The molecule has 0 aromatic heterocycles. The Morgan fingerprint density at radius 3 is 2.58 bits per heavy atom. The second kappa shape index (κ2) is 4.63. The summed E-state index contributed by atoms with van der Waals surface area (Å²) < 4.78 is 5.28. The van der Waals surface area contributed by atoms with Crippen molar-refractivity contribution in [3.8, 4) is 0 Å². The van der Waals surface area contributed by atoms with E-state index in [9.17, 15) is 0 Å². The van der Waals surface area contributed by atoms with E-state index in [1.807, 2.05) is 0 Å². The zero-order valence-corrected chi connectivity index (χ0v) is 8.18. The standard InChI is InChI=1S/C10H19NO/c1-9(2)10(3)8-11-4-6-12-7-5-11/h10H,1,4-8H2,2-3H3. The van der Waals surface area contributed by atoms with E-state index in [0.717, 1.165) is 32.8 Å². The summed E-state index contributed by atoms with van der Waals surface area (Å²) in [5, 5.41) is 0. The van der Waals surface area contributed by atoms with E-state index in [2.05, 4.69) is 25.3 Å². The van der Waals surface area contributed by atoms with Gasteiger partial charge in [0.15, 0.2) is 0 Å². The minimum absolute atomic E-state index is 0.614. The highest BCUT2D eigenvalue weighted by atomic mass is 16.5. The number of morpholine rings is 1. The van der Waals surface area contributed by atoms with Gasteiger partial charge < -0.3 is 4.74 Å². The van der Waals surface area contributed by atoms with Crippen molar-refractivity contribution in [2.24, 2.45) is 5.92 Å². The molecular formula is C10H19NO. The summed E-state index contributed by atoms with van der Waals surface area (Å²) in [6, 6.07) is 0. The summed E-state index contributed by atoms with van der Waals surface area (Å²) in [5.41, 5.74) is 1.28. The zero-order chi connectivity index (χ0) is 8.97. The van der Waals surface area contributed by atoms with Crippen LogP contribution in [0.15, 0.2) is 12.2 Å². The Morgan fingerprint density at radius 1 is 1.50 bits per heavy atom. The second-order valence-electron chi connectivity index (χ2n) is 3.66. The van der Waals surface area contributed by atoms with E-state index >= 15 is 0 Å². The summed E-state index contributed by atoms with van der Waals surface area (Å²) in [5.74, 6) is 0.614. The highest BCUT2D eigenvalue weighted by molar-refractivity contribution is 4.95. The van der Waals surface area contributed by atoms with Crippen LogP contribution in [0.5, 0.6) is 0 Å². The third-order valence-electron chi connectivity index (χ3n) is 2.48. The van der Waals surface area contributed by atoms with Gasteiger partial charge in [0.1, 0.15) is 0 Å². The van der Waals surface area contributed by atoms with Crippen LogP contribution in [0.1, 0.15) is 13.8 Å². The maximum absolute atomic E-state index is 5.28. The fourth-order valence-corrected chi connectivity index (χ4v) is 1.33. The van der Waals surface area contributed by atoms with Crippen molar-refractivity contribution in [1.29, 1.82) is 0 Å². The van der Waals surface area contributed by atoms with Crippen LogP contribution >= 0.6 is 0 Å². The molecule has 1 unspecified atom stereocenters. The van der Waals surface area contributed by atoms with Crippen LogP contribution in [0, 0.1) is 5.92 Å². The van der Waals surface area contributed by atoms with Gasteiger partial charge in [0, 0.05) is 19.6 Å². The molecule has 1 rings (SSSR count). The highest BCUT2D eigenvalue weighted by Crippen LogP contribution is 2.10. The van der Waals surface area contributed by atoms with Gasteiger partial charge in [0.05, 0.1) is 13.2 Å². The molecule has 0 aromatic carbocycles. The van der Waals surface area contributed by atoms with E-state index in [1.54, 1.807) is 0 Å². The molecule has 0 aromatic rings. The van der Waals surface area contributed by atoms with Crippen molar-refractivity contribution < 1.29 is 4.74 Å². The second-order valence-corrected chi connectivity index (χ2v) is 3.66. The molecule has 1 aliphatic rings. The van der Waals surface area contributed by atoms with Crippen molar-refractivity contribution >= 4 is 0 Å². The molecule has 12 heavy (non-hydrogen) atoms. The van der Waals surface area contributed by atoms with Crippen LogP contribution in [-0.2, 0) is 4.74 Å². The van der Waals surface area contributed by atoms with Gasteiger partial charge in [-0.2, -0.15) is 0 Å². The van der Waals surface area contributed by atoms with Gasteiger partial charge in [-0.05, 0) is 12.8 Å². The van der Waals surface area contributed by atoms with Gasteiger partial charge in [-0.3, -0.25) is 4.90 Å². The molecule has 0 amide bonds. The van der Waals surface area contributed by atoms with Crippen molar-refractivity contribution in [3.63, 3.8) is 0 Å². The van der Waals surface area contributed by atoms with Gasteiger partial charge in [-0.1, -0.05) is 19.1 Å². The maximum Gasteiger partial charge on any atom is 0.0594 e. The van der Waals surface area contributed by atoms with Gasteiger partial charge in [0.25, 0.3) is 0 Å². The Hall–Kier alpha value is -0.340. The predicted molar refractivity (Wildman–Crippen MR) is 51.2 cm³/mol. The van der Waals surface area contributed by atoms with Crippen molar-refractivity contribution in [2.75, 3.05) is 32.8 Å². The maximum atomic E-state index is 5.28. The number of ether oxygens (including phenoxy) is 1. The average Bonchev–Trinajstić information content (AvgIpc) is 2.06. The first-order valence-corrected chi connectivity index (χ1v) is 4.65. The molecule has 0 spiro atoms. The van der Waals surface area contributed by atoms with E-state index in [-0.39, 0.29) is 0 Å². The van der Waals surface area contributed by atoms with E-state index < -0.39 is 0 Å². The fraction of sp³-hybridized carbons (Fsp3) is 0.800. The molecule has 0 radical (unpaired) electrons. The Kier molecular flexibility index (Phi) is 3.76. The summed E-state index contributed by atoms with van der Waals surface area (Å²) in [6.07, 6.45) is 0. The first-order valence-electron chi connectivity index (χ1n) is 4.65. The molecule has 0 aliphatic carbocycles. The van der Waals surface area contributed by atoms with E-state index in [0.29, 0.717) is 5.92 Å². The molecule has 1 atom stereocenters. The fourth-order valence-electron chi connectivity index (χ4n) is 1.33. The SMILES string of the molecule is C=C(C)C(C)CN1CCOCC1. The minimum atomic E-state index is 0.614. The number of hydrogen-bond acceptors (Lipinski definition) is 2. The Bertz CT molecular complexity index is 150. The largest absolute Gasteiger partial charge is 0.379 e. The van der Waals surface area contributed by atoms with Crippen molar-refractivity contribution in [2.45, 2.75) is 13.8 Å².